The number of nitrogens with zero attached hydrogens (tertiary/aromatic N) is 1. The molecule has 3 aliphatic heterocycles. The maximum absolute atomic E-state index is 12.3. The summed E-state index contributed by atoms with van der Waals surface area (Å²) in [7, 11) is -3.47. The Bertz CT molecular complexity index is 645. The molecular weight excluding hydrogens is 320 g/mol. The predicted molar refractivity (Wildman–Crippen MR) is 88.4 cm³/mol. The number of halogens is 1. The average Bonchev–Trinajstić information content (AvgIpc) is 2.54. The van der Waals surface area contributed by atoms with Gasteiger partial charge in [-0.2, -0.15) is 0 Å². The summed E-state index contributed by atoms with van der Waals surface area (Å²) >= 11 is 5.80. The summed E-state index contributed by atoms with van der Waals surface area (Å²) in [5.41, 5.74) is 0. The first-order valence-electron chi connectivity index (χ1n) is 7.61. The van der Waals surface area contributed by atoms with Crippen LogP contribution in [-0.2, 0) is 10.0 Å². The average molecular weight is 341 g/mol. The monoisotopic (exact) mass is 340 g/mol. The second-order valence-corrected chi connectivity index (χ2v) is 8.34. The molecule has 3 saturated heterocycles. The molecule has 4 atom stereocenters. The molecule has 3 fully saturated rings. The molecule has 0 aromatic heterocycles. The third-order valence-corrected chi connectivity index (χ3v) is 6.56. The highest BCUT2D eigenvalue weighted by Crippen LogP contribution is 2.36. The third-order valence-electron chi connectivity index (χ3n) is 4.86. The summed E-state index contributed by atoms with van der Waals surface area (Å²) < 4.78 is 27.4. The van der Waals surface area contributed by atoms with Gasteiger partial charge in [0.05, 0.1) is 4.90 Å². The first-order valence-corrected chi connectivity index (χ1v) is 9.47. The van der Waals surface area contributed by atoms with Crippen molar-refractivity contribution in [2.24, 2.45) is 11.8 Å². The number of nitrogens with one attached hydrogen (secondary N) is 1. The highest BCUT2D eigenvalue weighted by atomic mass is 35.5. The molecule has 4 rings (SSSR count). The van der Waals surface area contributed by atoms with E-state index in [1.165, 1.54) is 18.6 Å². The molecule has 0 radical (unpaired) electrons. The maximum atomic E-state index is 12.3. The smallest absolute Gasteiger partial charge is 0.240 e. The predicted octanol–water partition coefficient (Wildman–Crippen LogP) is 2.51. The van der Waals surface area contributed by atoms with E-state index in [0.29, 0.717) is 23.4 Å². The summed E-state index contributed by atoms with van der Waals surface area (Å²) in [4.78, 5) is 2.65. The molecule has 3 heterocycles. The normalized spacial score (nSPS) is 31.1. The molecule has 4 nitrogen and oxygen atoms in total. The van der Waals surface area contributed by atoms with Gasteiger partial charge in [-0.15, -0.1) is 6.58 Å². The molecule has 0 spiro atoms. The van der Waals surface area contributed by atoms with Crippen LogP contribution in [-0.4, -0.2) is 39.0 Å². The second kappa shape index (κ2) is 6.32. The minimum atomic E-state index is -3.47. The first-order chi connectivity index (χ1) is 10.5. The van der Waals surface area contributed by atoms with E-state index in [4.69, 9.17) is 11.6 Å². The van der Waals surface area contributed by atoms with Crippen molar-refractivity contribution in [3.8, 4) is 0 Å². The highest BCUT2D eigenvalue weighted by Gasteiger charge is 2.38. The Hall–Kier alpha value is -0.880. The fourth-order valence-corrected chi connectivity index (χ4v) is 4.76. The van der Waals surface area contributed by atoms with E-state index in [1.807, 2.05) is 6.08 Å². The van der Waals surface area contributed by atoms with Crippen LogP contribution < -0.4 is 4.72 Å². The van der Waals surface area contributed by atoms with E-state index in [9.17, 15) is 8.42 Å². The molecule has 1 unspecified atom stereocenters. The fraction of sp³-hybridized carbons (Fsp3) is 0.500. The lowest BCUT2D eigenvalue weighted by Crippen LogP contribution is -2.56. The summed E-state index contributed by atoms with van der Waals surface area (Å²) in [6, 6.07) is 6.54. The summed E-state index contributed by atoms with van der Waals surface area (Å²) in [6.45, 7) is 6.43. The molecular formula is C16H21ClN2O2S. The van der Waals surface area contributed by atoms with Gasteiger partial charge in [-0.1, -0.05) is 17.7 Å². The van der Waals surface area contributed by atoms with Crippen LogP contribution in [0.3, 0.4) is 0 Å². The van der Waals surface area contributed by atoms with Crippen LogP contribution in [0.1, 0.15) is 12.8 Å². The van der Waals surface area contributed by atoms with E-state index in [0.717, 1.165) is 19.5 Å². The highest BCUT2D eigenvalue weighted by molar-refractivity contribution is 7.89. The van der Waals surface area contributed by atoms with E-state index in [1.54, 1.807) is 12.1 Å². The van der Waals surface area contributed by atoms with Crippen LogP contribution in [0, 0.1) is 11.8 Å². The minimum Gasteiger partial charge on any atom is -0.298 e. The largest absolute Gasteiger partial charge is 0.298 e. The number of piperidine rings is 3. The van der Waals surface area contributed by atoms with Crippen molar-refractivity contribution in [2.45, 2.75) is 23.8 Å². The van der Waals surface area contributed by atoms with Gasteiger partial charge in [-0.25, -0.2) is 13.1 Å². The minimum absolute atomic E-state index is 0.261. The quantitative estimate of drug-likeness (QED) is 0.838. The zero-order valence-electron chi connectivity index (χ0n) is 12.4. The van der Waals surface area contributed by atoms with Gasteiger partial charge in [0.2, 0.25) is 10.0 Å². The molecule has 1 N–H and O–H groups in total. The molecule has 0 amide bonds. The molecule has 2 bridgehead atoms. The molecule has 3 aliphatic rings. The van der Waals surface area contributed by atoms with E-state index in [2.05, 4.69) is 16.2 Å². The van der Waals surface area contributed by atoms with Crippen molar-refractivity contribution in [1.82, 2.24) is 9.62 Å². The number of sulfonamides is 1. The summed E-state index contributed by atoms with van der Waals surface area (Å²) in [5.74, 6) is 1.20. The van der Waals surface area contributed by atoms with E-state index >= 15 is 0 Å². The molecule has 1 aromatic carbocycles. The number of rotatable bonds is 5. The van der Waals surface area contributed by atoms with Crippen LogP contribution in [0.25, 0.3) is 0 Å². The zero-order valence-corrected chi connectivity index (χ0v) is 14.0. The lowest BCUT2D eigenvalue weighted by molar-refractivity contribution is 0.0218. The van der Waals surface area contributed by atoms with Crippen molar-refractivity contribution in [2.75, 3.05) is 19.6 Å². The zero-order chi connectivity index (χ0) is 15.7. The van der Waals surface area contributed by atoms with Gasteiger partial charge in [0.1, 0.15) is 0 Å². The fourth-order valence-electron chi connectivity index (χ4n) is 3.56. The molecule has 22 heavy (non-hydrogen) atoms. The van der Waals surface area contributed by atoms with Crippen LogP contribution >= 0.6 is 11.6 Å². The second-order valence-electron chi connectivity index (χ2n) is 6.14. The van der Waals surface area contributed by atoms with Crippen LogP contribution in [0.4, 0.5) is 0 Å². The third kappa shape index (κ3) is 3.23. The lowest BCUT2D eigenvalue weighted by atomic mass is 9.76. The topological polar surface area (TPSA) is 49.4 Å². The van der Waals surface area contributed by atoms with Gasteiger partial charge >= 0.3 is 0 Å². The molecule has 0 aliphatic carbocycles. The van der Waals surface area contributed by atoms with Crippen molar-refractivity contribution in [3.05, 3.63) is 41.9 Å². The van der Waals surface area contributed by atoms with Crippen LogP contribution in [0.5, 0.6) is 0 Å². The Labute approximate surface area is 137 Å². The Morgan fingerprint density at radius 1 is 1.36 bits per heavy atom. The summed E-state index contributed by atoms with van der Waals surface area (Å²) in [6.07, 6.45) is 4.28. The first kappa shape index (κ1) is 16.0. The van der Waals surface area contributed by atoms with Crippen molar-refractivity contribution in [3.63, 3.8) is 0 Å². The van der Waals surface area contributed by atoms with Gasteiger partial charge in [0, 0.05) is 24.2 Å². The SMILES string of the molecule is C=C[C@H]1CN2CC[C@H]1C[C@@H]2CNS(=O)(=O)c1ccc(Cl)cc1. The standard InChI is InChI=1S/C16H21ClN2O2S/c1-2-12-11-19-8-7-13(12)9-15(19)10-18-22(20,21)16-5-3-14(17)4-6-16/h2-6,12-13,15,18H,1,7-11H2/t12-,13-,15+/m0/s1. The Kier molecular flexibility index (Phi) is 4.59. The van der Waals surface area contributed by atoms with Gasteiger partial charge in [0.25, 0.3) is 0 Å². The number of benzene rings is 1. The Morgan fingerprint density at radius 2 is 2.09 bits per heavy atom. The van der Waals surface area contributed by atoms with Gasteiger partial charge in [-0.3, -0.25) is 4.90 Å². The van der Waals surface area contributed by atoms with Crippen molar-refractivity contribution < 1.29 is 8.42 Å². The van der Waals surface area contributed by atoms with Gasteiger partial charge in [-0.05, 0) is 55.5 Å². The maximum Gasteiger partial charge on any atom is 0.240 e. The molecule has 6 heteroatoms. The van der Waals surface area contributed by atoms with Gasteiger partial charge < -0.3 is 0 Å². The molecule has 1 aromatic rings. The van der Waals surface area contributed by atoms with E-state index in [-0.39, 0.29) is 10.9 Å². The Balaban J connectivity index is 1.63. The van der Waals surface area contributed by atoms with Crippen molar-refractivity contribution in [1.29, 1.82) is 0 Å². The lowest BCUT2D eigenvalue weighted by Gasteiger charge is -2.49. The van der Waals surface area contributed by atoms with Crippen molar-refractivity contribution >= 4 is 21.6 Å². The van der Waals surface area contributed by atoms with E-state index < -0.39 is 10.0 Å². The number of hydrogen-bond acceptors (Lipinski definition) is 3. The van der Waals surface area contributed by atoms with Gasteiger partial charge in [0.15, 0.2) is 0 Å². The number of hydrogen-bond donors (Lipinski definition) is 1. The van der Waals surface area contributed by atoms with Crippen LogP contribution in [0.2, 0.25) is 5.02 Å². The molecule has 120 valence electrons. The summed E-state index contributed by atoms with van der Waals surface area (Å²) in [5, 5.41) is 0.533. The molecule has 0 saturated carbocycles. The number of fused-ring (bicyclic) bond motifs is 3. The van der Waals surface area contributed by atoms with Crippen LogP contribution in [0.15, 0.2) is 41.8 Å². The Morgan fingerprint density at radius 3 is 2.68 bits per heavy atom.